The lowest BCUT2D eigenvalue weighted by Gasteiger charge is -2.02. The first-order chi connectivity index (χ1) is 13.1. The van der Waals surface area contributed by atoms with E-state index in [0.717, 1.165) is 24.8 Å². The minimum atomic E-state index is -0.760. The number of halogens is 1. The number of carboxylic acid groups (broad SMARTS) is 1. The maximum atomic E-state index is 14.3. The molecule has 0 bridgehead atoms. The summed E-state index contributed by atoms with van der Waals surface area (Å²) in [7, 11) is 0. The van der Waals surface area contributed by atoms with Gasteiger partial charge in [0.05, 0.1) is 5.56 Å². The molecule has 0 spiro atoms. The third kappa shape index (κ3) is 5.03. The summed E-state index contributed by atoms with van der Waals surface area (Å²) in [4.78, 5) is 15.2. The number of carbonyl (C=O) groups is 1. The summed E-state index contributed by atoms with van der Waals surface area (Å²) in [5, 5.41) is 8.66. The van der Waals surface area contributed by atoms with Gasteiger partial charge < -0.3 is 9.52 Å². The van der Waals surface area contributed by atoms with E-state index in [2.05, 4.69) is 4.98 Å². The molecule has 0 radical (unpaired) electrons. The molecule has 0 fully saturated rings. The maximum Gasteiger partial charge on any atom is 0.303 e. The zero-order valence-electron chi connectivity index (χ0n) is 15.0. The second-order valence-electron chi connectivity index (χ2n) is 6.44. The highest BCUT2D eigenvalue weighted by Gasteiger charge is 2.19. The van der Waals surface area contributed by atoms with Gasteiger partial charge in [-0.25, -0.2) is 9.37 Å². The van der Waals surface area contributed by atoms with Crippen molar-refractivity contribution in [1.82, 2.24) is 4.98 Å². The number of aryl methyl sites for hydroxylation is 1. The standard InChI is InChI=1S/C22H22FNO3/c23-18-13-9-8-12-17(18)22-21(16-10-4-3-5-11-16)24-19(27-22)14-6-1-2-7-15-20(25)26/h3-5,8-13H,1-2,6-7,14-15H2,(H,25,26). The number of hydrogen-bond donors (Lipinski definition) is 1. The molecule has 0 saturated heterocycles. The Kier molecular flexibility index (Phi) is 6.36. The second kappa shape index (κ2) is 9.12. The Morgan fingerprint density at radius 3 is 2.41 bits per heavy atom. The summed E-state index contributed by atoms with van der Waals surface area (Å²) < 4.78 is 20.2. The van der Waals surface area contributed by atoms with Gasteiger partial charge >= 0.3 is 5.97 Å². The number of aromatic nitrogens is 1. The Hall–Kier alpha value is -2.95. The molecular weight excluding hydrogens is 345 g/mol. The number of oxazole rings is 1. The van der Waals surface area contributed by atoms with Crippen molar-refractivity contribution in [2.45, 2.75) is 38.5 Å². The van der Waals surface area contributed by atoms with Crippen molar-refractivity contribution < 1.29 is 18.7 Å². The fourth-order valence-electron chi connectivity index (χ4n) is 3.00. The SMILES string of the molecule is O=C(O)CCCCCCc1nc(-c2ccccc2)c(-c2ccccc2F)o1. The molecule has 2 aromatic carbocycles. The van der Waals surface area contributed by atoms with E-state index < -0.39 is 5.97 Å². The van der Waals surface area contributed by atoms with Crippen LogP contribution in [0, 0.1) is 5.82 Å². The molecular formula is C22H22FNO3. The van der Waals surface area contributed by atoms with E-state index in [-0.39, 0.29) is 12.2 Å². The predicted octanol–water partition coefficient (Wildman–Crippen LogP) is 5.73. The first kappa shape index (κ1) is 18.8. The number of benzene rings is 2. The molecule has 3 aromatic rings. The first-order valence-corrected chi connectivity index (χ1v) is 9.17. The van der Waals surface area contributed by atoms with Crippen molar-refractivity contribution in [3.63, 3.8) is 0 Å². The zero-order valence-corrected chi connectivity index (χ0v) is 15.0. The Bertz CT molecular complexity index is 890. The average molecular weight is 367 g/mol. The summed E-state index contributed by atoms with van der Waals surface area (Å²) in [6, 6.07) is 16.1. The zero-order chi connectivity index (χ0) is 19.1. The highest BCUT2D eigenvalue weighted by molar-refractivity contribution is 5.77. The molecule has 0 aliphatic carbocycles. The molecule has 5 heteroatoms. The Labute approximate surface area is 157 Å². The van der Waals surface area contributed by atoms with Gasteiger partial charge in [0, 0.05) is 18.4 Å². The molecule has 0 aliphatic heterocycles. The van der Waals surface area contributed by atoms with Crippen molar-refractivity contribution >= 4 is 5.97 Å². The second-order valence-corrected chi connectivity index (χ2v) is 6.44. The van der Waals surface area contributed by atoms with Crippen LogP contribution in [0.25, 0.3) is 22.6 Å². The van der Waals surface area contributed by atoms with Gasteiger partial charge in [-0.3, -0.25) is 4.79 Å². The molecule has 0 aliphatic rings. The van der Waals surface area contributed by atoms with Gasteiger partial charge in [-0.2, -0.15) is 0 Å². The topological polar surface area (TPSA) is 63.3 Å². The largest absolute Gasteiger partial charge is 0.481 e. The number of unbranched alkanes of at least 4 members (excludes halogenated alkanes) is 3. The van der Waals surface area contributed by atoms with Crippen LogP contribution in [0.15, 0.2) is 59.0 Å². The van der Waals surface area contributed by atoms with Crippen LogP contribution in [-0.2, 0) is 11.2 Å². The van der Waals surface area contributed by atoms with Gasteiger partial charge in [0.25, 0.3) is 0 Å². The lowest BCUT2D eigenvalue weighted by Crippen LogP contribution is -1.94. The van der Waals surface area contributed by atoms with Crippen molar-refractivity contribution in [3.05, 3.63) is 66.3 Å². The van der Waals surface area contributed by atoms with Crippen molar-refractivity contribution in [2.75, 3.05) is 0 Å². The van der Waals surface area contributed by atoms with Gasteiger partial charge in [0.2, 0.25) is 0 Å². The number of aliphatic carboxylic acids is 1. The smallest absolute Gasteiger partial charge is 0.303 e. The lowest BCUT2D eigenvalue weighted by molar-refractivity contribution is -0.137. The molecule has 3 rings (SSSR count). The number of rotatable bonds is 9. The summed E-state index contributed by atoms with van der Waals surface area (Å²) in [5.41, 5.74) is 1.92. The third-order valence-electron chi connectivity index (χ3n) is 4.37. The maximum absolute atomic E-state index is 14.3. The number of carboxylic acids is 1. The molecule has 1 N–H and O–H groups in total. The number of nitrogens with zero attached hydrogens (tertiary/aromatic N) is 1. The van der Waals surface area contributed by atoms with Gasteiger partial charge in [-0.1, -0.05) is 55.3 Å². The molecule has 4 nitrogen and oxygen atoms in total. The fraction of sp³-hybridized carbons (Fsp3) is 0.273. The minimum Gasteiger partial charge on any atom is -0.481 e. The van der Waals surface area contributed by atoms with Crippen LogP contribution in [0.1, 0.15) is 38.0 Å². The lowest BCUT2D eigenvalue weighted by atomic mass is 10.1. The van der Waals surface area contributed by atoms with Crippen LogP contribution in [-0.4, -0.2) is 16.1 Å². The summed E-state index contributed by atoms with van der Waals surface area (Å²) >= 11 is 0. The summed E-state index contributed by atoms with van der Waals surface area (Å²) in [5.74, 6) is -0.0821. The van der Waals surface area contributed by atoms with E-state index in [1.807, 2.05) is 30.3 Å². The molecule has 0 saturated carbocycles. The quantitative estimate of drug-likeness (QED) is 0.491. The van der Waals surface area contributed by atoms with E-state index in [4.69, 9.17) is 9.52 Å². The molecule has 140 valence electrons. The van der Waals surface area contributed by atoms with Gasteiger partial charge in [-0.15, -0.1) is 0 Å². The van der Waals surface area contributed by atoms with Crippen LogP contribution < -0.4 is 0 Å². The van der Waals surface area contributed by atoms with Crippen LogP contribution in [0.2, 0.25) is 0 Å². The van der Waals surface area contributed by atoms with Crippen molar-refractivity contribution in [1.29, 1.82) is 0 Å². The van der Waals surface area contributed by atoms with E-state index >= 15 is 0 Å². The summed E-state index contributed by atoms with van der Waals surface area (Å²) in [6.45, 7) is 0. The van der Waals surface area contributed by atoms with E-state index in [1.54, 1.807) is 18.2 Å². The molecule has 1 heterocycles. The molecule has 0 amide bonds. The van der Waals surface area contributed by atoms with Crippen LogP contribution >= 0.6 is 0 Å². The van der Waals surface area contributed by atoms with Gasteiger partial charge in [-0.05, 0) is 25.0 Å². The predicted molar refractivity (Wildman–Crippen MR) is 102 cm³/mol. The third-order valence-corrected chi connectivity index (χ3v) is 4.37. The van der Waals surface area contributed by atoms with Gasteiger partial charge in [0.1, 0.15) is 11.5 Å². The average Bonchev–Trinajstić information content (AvgIpc) is 3.09. The van der Waals surface area contributed by atoms with Gasteiger partial charge in [0.15, 0.2) is 11.7 Å². The minimum absolute atomic E-state index is 0.203. The first-order valence-electron chi connectivity index (χ1n) is 9.17. The van der Waals surface area contributed by atoms with Crippen LogP contribution in [0.3, 0.4) is 0 Å². The number of hydrogen-bond acceptors (Lipinski definition) is 3. The highest BCUT2D eigenvalue weighted by Crippen LogP contribution is 2.34. The molecule has 1 aromatic heterocycles. The van der Waals surface area contributed by atoms with E-state index in [9.17, 15) is 9.18 Å². The normalized spacial score (nSPS) is 10.9. The Balaban J connectivity index is 1.77. The molecule has 0 unspecified atom stereocenters. The van der Waals surface area contributed by atoms with E-state index in [0.29, 0.717) is 35.7 Å². The van der Waals surface area contributed by atoms with Crippen molar-refractivity contribution in [2.24, 2.45) is 0 Å². The monoisotopic (exact) mass is 367 g/mol. The highest BCUT2D eigenvalue weighted by atomic mass is 19.1. The molecule has 27 heavy (non-hydrogen) atoms. The fourth-order valence-corrected chi connectivity index (χ4v) is 3.00. The van der Waals surface area contributed by atoms with Crippen LogP contribution in [0.5, 0.6) is 0 Å². The Morgan fingerprint density at radius 2 is 1.67 bits per heavy atom. The summed E-state index contributed by atoms with van der Waals surface area (Å²) in [6.07, 6.45) is 4.14. The van der Waals surface area contributed by atoms with Crippen molar-refractivity contribution in [3.8, 4) is 22.6 Å². The molecule has 0 atom stereocenters. The van der Waals surface area contributed by atoms with E-state index in [1.165, 1.54) is 6.07 Å². The Morgan fingerprint density at radius 1 is 0.963 bits per heavy atom. The van der Waals surface area contributed by atoms with Crippen LogP contribution in [0.4, 0.5) is 4.39 Å².